The number of ether oxygens (including phenoxy) is 1. The van der Waals surface area contributed by atoms with Crippen molar-refractivity contribution < 1.29 is 14.3 Å². The smallest absolute Gasteiger partial charge is 0.252 e. The summed E-state index contributed by atoms with van der Waals surface area (Å²) in [4.78, 5) is 33.2. The molecule has 0 saturated carbocycles. The molecule has 1 aliphatic rings. The van der Waals surface area contributed by atoms with Gasteiger partial charge in [-0.3, -0.25) is 14.7 Å². The van der Waals surface area contributed by atoms with E-state index in [9.17, 15) is 9.59 Å². The molecule has 11 heteroatoms. The highest BCUT2D eigenvalue weighted by Gasteiger charge is 2.48. The number of benzene rings is 2. The number of nitrogen functional groups attached to an aromatic ring is 1. The van der Waals surface area contributed by atoms with Crippen LogP contribution < -0.4 is 17.2 Å². The van der Waals surface area contributed by atoms with Crippen molar-refractivity contribution in [2.45, 2.75) is 18.8 Å². The molecule has 2 amide bonds. The van der Waals surface area contributed by atoms with Crippen LogP contribution in [0.5, 0.6) is 0 Å². The van der Waals surface area contributed by atoms with E-state index in [1.165, 1.54) is 13.2 Å². The first-order valence-corrected chi connectivity index (χ1v) is 12.2. The number of primary amides is 2. The first-order valence-electron chi connectivity index (χ1n) is 11.8. The summed E-state index contributed by atoms with van der Waals surface area (Å²) in [6.07, 6.45) is 3.55. The molecule has 0 aliphatic heterocycles. The second kappa shape index (κ2) is 9.71. The van der Waals surface area contributed by atoms with E-state index in [2.05, 4.69) is 15.2 Å². The summed E-state index contributed by atoms with van der Waals surface area (Å²) in [7, 11) is 1.43. The second-order valence-electron chi connectivity index (χ2n) is 9.22. The van der Waals surface area contributed by atoms with Gasteiger partial charge in [0.2, 0.25) is 5.91 Å². The number of carbonyl (C=O) groups excluding carboxylic acids is 2. The number of allylic oxidation sites excluding steroid dienone is 1. The van der Waals surface area contributed by atoms with Gasteiger partial charge in [0.25, 0.3) is 5.91 Å². The Morgan fingerprint density at radius 1 is 1.18 bits per heavy atom. The van der Waals surface area contributed by atoms with Crippen molar-refractivity contribution in [3.8, 4) is 11.3 Å². The number of halogens is 1. The van der Waals surface area contributed by atoms with E-state index in [0.717, 1.165) is 22.0 Å². The van der Waals surface area contributed by atoms with Crippen molar-refractivity contribution in [2.75, 3.05) is 12.8 Å². The minimum absolute atomic E-state index is 0.0259. The first kappa shape index (κ1) is 25.1. The van der Waals surface area contributed by atoms with Crippen LogP contribution >= 0.6 is 11.6 Å². The molecular weight excluding hydrogens is 506 g/mol. The summed E-state index contributed by atoms with van der Waals surface area (Å²) in [6, 6.07) is 15.2. The summed E-state index contributed by atoms with van der Waals surface area (Å²) < 4.78 is 5.49. The second-order valence-corrected chi connectivity index (χ2v) is 9.59. The highest BCUT2D eigenvalue weighted by Crippen LogP contribution is 2.47. The number of nitrogens with one attached hydrogen (secondary N) is 2. The molecule has 4 aromatic rings. The largest absolute Gasteiger partial charge is 0.500 e. The van der Waals surface area contributed by atoms with E-state index in [-0.39, 0.29) is 17.8 Å². The summed E-state index contributed by atoms with van der Waals surface area (Å²) in [5, 5.41) is 8.01. The number of amides is 2. The van der Waals surface area contributed by atoms with Gasteiger partial charge < -0.3 is 26.9 Å². The quantitative estimate of drug-likeness (QED) is 0.232. The number of hydrogen-bond donors (Lipinski definition) is 5. The lowest BCUT2D eigenvalue weighted by molar-refractivity contribution is -0.127. The molecule has 2 heterocycles. The molecule has 1 aliphatic carbocycles. The molecule has 0 spiro atoms. The van der Waals surface area contributed by atoms with Crippen molar-refractivity contribution in [3.63, 3.8) is 0 Å². The lowest BCUT2D eigenvalue weighted by Gasteiger charge is -2.37. The number of methoxy groups -OCH3 is 1. The summed E-state index contributed by atoms with van der Waals surface area (Å²) in [5.41, 5.74) is 19.3. The molecular formula is C27H26ClN7O3. The number of anilines is 1. The Labute approximate surface area is 222 Å². The number of imidazole rings is 1. The van der Waals surface area contributed by atoms with Gasteiger partial charge in [0.05, 0.1) is 23.6 Å². The fourth-order valence-electron chi connectivity index (χ4n) is 5.01. The van der Waals surface area contributed by atoms with Crippen LogP contribution in [0.3, 0.4) is 0 Å². The maximum Gasteiger partial charge on any atom is 0.252 e. The Bertz CT molecular complexity index is 1610. The van der Waals surface area contributed by atoms with E-state index in [0.29, 0.717) is 28.9 Å². The zero-order chi connectivity index (χ0) is 27.0. The van der Waals surface area contributed by atoms with Crippen LogP contribution in [-0.2, 0) is 20.7 Å². The third-order valence-corrected chi connectivity index (χ3v) is 7.32. The first-order chi connectivity index (χ1) is 18.2. The topological polar surface area (TPSA) is 179 Å². The lowest BCUT2D eigenvalue weighted by Crippen LogP contribution is -2.44. The van der Waals surface area contributed by atoms with Gasteiger partial charge in [-0.25, -0.2) is 4.98 Å². The number of H-pyrrole nitrogens is 2. The molecule has 38 heavy (non-hydrogen) atoms. The average Bonchev–Trinajstić information content (AvgIpc) is 3.49. The molecule has 0 radical (unpaired) electrons. The normalized spacial score (nSPS) is 18.1. The van der Waals surface area contributed by atoms with Crippen molar-refractivity contribution in [3.05, 3.63) is 88.6 Å². The van der Waals surface area contributed by atoms with E-state index in [4.69, 9.17) is 38.5 Å². The molecule has 0 bridgehead atoms. The minimum Gasteiger partial charge on any atom is -0.500 e. The van der Waals surface area contributed by atoms with Crippen LogP contribution in [-0.4, -0.2) is 39.1 Å². The number of nitrogens with zero attached hydrogens (tertiary/aromatic N) is 2. The molecule has 2 aromatic heterocycles. The summed E-state index contributed by atoms with van der Waals surface area (Å²) in [5.74, 6) is -0.717. The van der Waals surface area contributed by atoms with Gasteiger partial charge in [0.1, 0.15) is 22.4 Å². The van der Waals surface area contributed by atoms with Crippen LogP contribution in [0.1, 0.15) is 23.7 Å². The predicted molar refractivity (Wildman–Crippen MR) is 145 cm³/mol. The van der Waals surface area contributed by atoms with Crippen LogP contribution in [0.15, 0.2) is 72.0 Å². The van der Waals surface area contributed by atoms with Crippen molar-refractivity contribution in [2.24, 2.45) is 16.9 Å². The lowest BCUT2D eigenvalue weighted by atomic mass is 9.66. The Balaban J connectivity index is 1.64. The standard InChI is InChI=1S/C27H26ClN7O3/c1-38-20-13-27(26(31)37,10-9-17(20)24(30)36)18(11-14-5-3-2-4-6-14)25-32-21(22(28)33-25)15-7-8-16-19(12-15)34-35-23(16)29/h2-10,12,18H,11,13H2,1H3,(H2,30,36)(H2,31,37)(H,32,33)(H3,29,34,35)/t18-,27?/m1/s1. The zero-order valence-corrected chi connectivity index (χ0v) is 21.3. The monoisotopic (exact) mass is 531 g/mol. The van der Waals surface area contributed by atoms with E-state index in [1.807, 2.05) is 48.5 Å². The number of rotatable bonds is 8. The number of carbonyl (C=O) groups is 2. The van der Waals surface area contributed by atoms with Gasteiger partial charge in [-0.2, -0.15) is 5.10 Å². The number of aromatic nitrogens is 4. The van der Waals surface area contributed by atoms with Crippen LogP contribution in [0.2, 0.25) is 5.15 Å². The van der Waals surface area contributed by atoms with Gasteiger partial charge >= 0.3 is 0 Å². The molecule has 2 aromatic carbocycles. The molecule has 0 fully saturated rings. The Hall–Kier alpha value is -4.57. The Morgan fingerprint density at radius 3 is 2.63 bits per heavy atom. The van der Waals surface area contributed by atoms with Gasteiger partial charge in [0, 0.05) is 23.3 Å². The van der Waals surface area contributed by atoms with E-state index >= 15 is 0 Å². The molecule has 8 N–H and O–H groups in total. The van der Waals surface area contributed by atoms with E-state index < -0.39 is 23.1 Å². The van der Waals surface area contributed by atoms with Crippen LogP contribution in [0, 0.1) is 5.41 Å². The maximum absolute atomic E-state index is 13.2. The van der Waals surface area contributed by atoms with Crippen LogP contribution in [0.4, 0.5) is 5.82 Å². The molecule has 5 rings (SSSR count). The number of nitrogens with two attached hydrogens (primary N) is 3. The third kappa shape index (κ3) is 4.28. The number of aromatic amines is 2. The van der Waals surface area contributed by atoms with Crippen molar-refractivity contribution >= 4 is 40.1 Å². The Kier molecular flexibility index (Phi) is 6.41. The predicted octanol–water partition coefficient (Wildman–Crippen LogP) is 3.33. The number of hydrogen-bond acceptors (Lipinski definition) is 6. The molecule has 194 valence electrons. The van der Waals surface area contributed by atoms with Crippen molar-refractivity contribution in [1.82, 2.24) is 20.2 Å². The van der Waals surface area contributed by atoms with Crippen LogP contribution in [0.25, 0.3) is 22.2 Å². The Morgan fingerprint density at radius 2 is 1.95 bits per heavy atom. The molecule has 1 unspecified atom stereocenters. The minimum atomic E-state index is -1.29. The molecule has 10 nitrogen and oxygen atoms in total. The third-order valence-electron chi connectivity index (χ3n) is 7.05. The summed E-state index contributed by atoms with van der Waals surface area (Å²) in [6.45, 7) is 0. The highest BCUT2D eigenvalue weighted by atomic mass is 35.5. The fourth-order valence-corrected chi connectivity index (χ4v) is 5.26. The molecule has 2 atom stereocenters. The van der Waals surface area contributed by atoms with E-state index in [1.54, 1.807) is 6.08 Å². The zero-order valence-electron chi connectivity index (χ0n) is 20.5. The SMILES string of the molecule is COC1=C(C(N)=O)C=CC(C(N)=O)([C@H](Cc2ccccc2)c2nc(-c3ccc4c(N)n[nH]c4c3)c(Cl)[nH]2)C1. The maximum atomic E-state index is 13.2. The van der Waals surface area contributed by atoms with Gasteiger partial charge in [-0.05, 0) is 30.2 Å². The molecule has 0 saturated heterocycles. The van der Waals surface area contributed by atoms with Crippen molar-refractivity contribution in [1.29, 1.82) is 0 Å². The fraction of sp³-hybridized carbons (Fsp3) is 0.185. The highest BCUT2D eigenvalue weighted by molar-refractivity contribution is 6.32. The van der Waals surface area contributed by atoms with Gasteiger partial charge in [-0.1, -0.05) is 54.1 Å². The summed E-state index contributed by atoms with van der Waals surface area (Å²) >= 11 is 6.67. The average molecular weight is 532 g/mol. The van der Waals surface area contributed by atoms with Gasteiger partial charge in [0.15, 0.2) is 5.82 Å². The number of fused-ring (bicyclic) bond motifs is 1. The van der Waals surface area contributed by atoms with Gasteiger partial charge in [-0.15, -0.1) is 0 Å².